The van der Waals surface area contributed by atoms with Crippen LogP contribution in [0.5, 0.6) is 0 Å². The highest BCUT2D eigenvalue weighted by atomic mass is 32.1. The predicted octanol–water partition coefficient (Wildman–Crippen LogP) is 4.09. The van der Waals surface area contributed by atoms with E-state index in [-0.39, 0.29) is 5.56 Å². The molecule has 0 saturated carbocycles. The topological polar surface area (TPSA) is 34.4 Å². The van der Waals surface area contributed by atoms with Crippen molar-refractivity contribution in [1.82, 2.24) is 9.38 Å². The maximum atomic E-state index is 11.9. The molecule has 0 bridgehead atoms. The molecule has 4 rings (SSSR count). The Morgan fingerprint density at radius 2 is 1.41 bits per heavy atom. The SMILES string of the molecule is O=c1cc(-c2ccccc2)n2c(-c3ccccc3)csc2n1. The lowest BCUT2D eigenvalue weighted by atomic mass is 10.1. The Balaban J connectivity index is 2.08. The van der Waals surface area contributed by atoms with Crippen molar-refractivity contribution in [3.8, 4) is 22.5 Å². The summed E-state index contributed by atoms with van der Waals surface area (Å²) in [6.07, 6.45) is 0. The van der Waals surface area contributed by atoms with Crippen LogP contribution in [0.3, 0.4) is 0 Å². The molecule has 0 atom stereocenters. The van der Waals surface area contributed by atoms with Gasteiger partial charge in [0.1, 0.15) is 0 Å². The average Bonchev–Trinajstić information content (AvgIpc) is 2.99. The van der Waals surface area contributed by atoms with Crippen molar-refractivity contribution in [2.45, 2.75) is 0 Å². The number of hydrogen-bond acceptors (Lipinski definition) is 3. The Labute approximate surface area is 131 Å². The zero-order chi connectivity index (χ0) is 14.9. The highest BCUT2D eigenvalue weighted by Gasteiger charge is 2.12. The minimum absolute atomic E-state index is 0.208. The van der Waals surface area contributed by atoms with Gasteiger partial charge in [-0.3, -0.25) is 9.20 Å². The molecule has 0 aliphatic carbocycles. The lowest BCUT2D eigenvalue weighted by Crippen LogP contribution is -2.08. The molecule has 2 aromatic heterocycles. The molecule has 106 valence electrons. The smallest absolute Gasteiger partial charge is 0.274 e. The molecular formula is C18H12N2OS. The molecule has 0 N–H and O–H groups in total. The van der Waals surface area contributed by atoms with Gasteiger partial charge in [0.05, 0.1) is 11.4 Å². The van der Waals surface area contributed by atoms with E-state index in [1.54, 1.807) is 6.07 Å². The van der Waals surface area contributed by atoms with Gasteiger partial charge in [0, 0.05) is 11.4 Å². The monoisotopic (exact) mass is 304 g/mol. The quantitative estimate of drug-likeness (QED) is 0.559. The highest BCUT2D eigenvalue weighted by Crippen LogP contribution is 2.29. The molecule has 0 unspecified atom stereocenters. The first-order chi connectivity index (χ1) is 10.8. The lowest BCUT2D eigenvalue weighted by Gasteiger charge is -2.08. The maximum Gasteiger partial charge on any atom is 0.274 e. The van der Waals surface area contributed by atoms with Gasteiger partial charge in [-0.25, -0.2) is 0 Å². The normalized spacial score (nSPS) is 10.9. The van der Waals surface area contributed by atoms with Crippen LogP contribution in [0.4, 0.5) is 0 Å². The van der Waals surface area contributed by atoms with Gasteiger partial charge >= 0.3 is 0 Å². The van der Waals surface area contributed by atoms with E-state index < -0.39 is 0 Å². The van der Waals surface area contributed by atoms with Crippen molar-refractivity contribution < 1.29 is 0 Å². The Kier molecular flexibility index (Phi) is 3.09. The lowest BCUT2D eigenvalue weighted by molar-refractivity contribution is 1.12. The number of aromatic nitrogens is 2. The third-order valence-electron chi connectivity index (χ3n) is 3.55. The molecule has 0 amide bonds. The van der Waals surface area contributed by atoms with E-state index in [1.165, 1.54) is 11.3 Å². The molecule has 4 aromatic rings. The molecular weight excluding hydrogens is 292 g/mol. The molecule has 22 heavy (non-hydrogen) atoms. The molecule has 4 heteroatoms. The first-order valence-electron chi connectivity index (χ1n) is 6.95. The van der Waals surface area contributed by atoms with Crippen LogP contribution in [0.25, 0.3) is 27.5 Å². The summed E-state index contributed by atoms with van der Waals surface area (Å²) in [4.78, 5) is 16.8. The van der Waals surface area contributed by atoms with Crippen LogP contribution in [-0.4, -0.2) is 9.38 Å². The number of hydrogen-bond donors (Lipinski definition) is 0. The van der Waals surface area contributed by atoms with Crippen molar-refractivity contribution in [2.24, 2.45) is 0 Å². The van der Waals surface area contributed by atoms with E-state index in [0.717, 1.165) is 22.5 Å². The summed E-state index contributed by atoms with van der Waals surface area (Å²) in [7, 11) is 0. The molecule has 0 aliphatic rings. The molecule has 0 fully saturated rings. The van der Waals surface area contributed by atoms with Gasteiger partial charge in [0.15, 0.2) is 4.96 Å². The van der Waals surface area contributed by atoms with Crippen LogP contribution in [0, 0.1) is 0 Å². The molecule has 0 aliphatic heterocycles. The largest absolute Gasteiger partial charge is 0.284 e. The highest BCUT2D eigenvalue weighted by molar-refractivity contribution is 7.15. The average molecular weight is 304 g/mol. The number of rotatable bonds is 2. The number of nitrogens with zero attached hydrogens (tertiary/aromatic N) is 2. The van der Waals surface area contributed by atoms with E-state index in [0.29, 0.717) is 4.96 Å². The van der Waals surface area contributed by atoms with Crippen LogP contribution in [0.2, 0.25) is 0 Å². The minimum Gasteiger partial charge on any atom is -0.284 e. The Morgan fingerprint density at radius 1 is 0.818 bits per heavy atom. The van der Waals surface area contributed by atoms with Crippen LogP contribution < -0.4 is 5.56 Å². The van der Waals surface area contributed by atoms with Crippen molar-refractivity contribution in [3.63, 3.8) is 0 Å². The zero-order valence-corrected chi connectivity index (χ0v) is 12.5. The van der Waals surface area contributed by atoms with E-state index in [9.17, 15) is 4.79 Å². The van der Waals surface area contributed by atoms with Crippen molar-refractivity contribution in [2.75, 3.05) is 0 Å². The molecule has 0 spiro atoms. The first-order valence-corrected chi connectivity index (χ1v) is 7.83. The fourth-order valence-corrected chi connectivity index (χ4v) is 3.46. The number of fused-ring (bicyclic) bond motifs is 1. The Morgan fingerprint density at radius 3 is 2.05 bits per heavy atom. The molecule has 0 radical (unpaired) electrons. The second-order valence-corrected chi connectivity index (χ2v) is 5.79. The summed E-state index contributed by atoms with van der Waals surface area (Å²) >= 11 is 1.48. The Hall–Kier alpha value is -2.72. The summed E-state index contributed by atoms with van der Waals surface area (Å²) < 4.78 is 2.05. The second-order valence-electron chi connectivity index (χ2n) is 4.95. The maximum absolute atomic E-state index is 11.9. The molecule has 2 heterocycles. The van der Waals surface area contributed by atoms with Gasteiger partial charge in [-0.05, 0) is 11.1 Å². The minimum atomic E-state index is -0.208. The van der Waals surface area contributed by atoms with Crippen molar-refractivity contribution >= 4 is 16.3 Å². The Bertz CT molecular complexity index is 988. The van der Waals surface area contributed by atoms with Gasteiger partial charge in [-0.1, -0.05) is 60.7 Å². The summed E-state index contributed by atoms with van der Waals surface area (Å²) in [6, 6.07) is 21.7. The fraction of sp³-hybridized carbons (Fsp3) is 0. The number of benzene rings is 2. The summed E-state index contributed by atoms with van der Waals surface area (Å²) in [5, 5.41) is 2.05. The van der Waals surface area contributed by atoms with Gasteiger partial charge < -0.3 is 0 Å². The third-order valence-corrected chi connectivity index (χ3v) is 4.38. The fourth-order valence-electron chi connectivity index (χ4n) is 2.56. The van der Waals surface area contributed by atoms with E-state index in [2.05, 4.69) is 21.5 Å². The molecule has 0 saturated heterocycles. The van der Waals surface area contributed by atoms with Crippen LogP contribution in [0.15, 0.2) is 76.9 Å². The summed E-state index contributed by atoms with van der Waals surface area (Å²) in [6.45, 7) is 0. The third kappa shape index (κ3) is 2.14. The van der Waals surface area contributed by atoms with Crippen LogP contribution in [-0.2, 0) is 0 Å². The van der Waals surface area contributed by atoms with E-state index in [4.69, 9.17) is 0 Å². The van der Waals surface area contributed by atoms with Gasteiger partial charge in [-0.2, -0.15) is 4.98 Å². The van der Waals surface area contributed by atoms with Gasteiger partial charge in [0.25, 0.3) is 5.56 Å². The van der Waals surface area contributed by atoms with Crippen molar-refractivity contribution in [1.29, 1.82) is 0 Å². The second kappa shape index (κ2) is 5.24. The zero-order valence-electron chi connectivity index (χ0n) is 11.6. The van der Waals surface area contributed by atoms with Crippen LogP contribution >= 0.6 is 11.3 Å². The van der Waals surface area contributed by atoms with Gasteiger partial charge in [-0.15, -0.1) is 11.3 Å². The predicted molar refractivity (Wildman–Crippen MR) is 90.2 cm³/mol. The van der Waals surface area contributed by atoms with Gasteiger partial charge in [0.2, 0.25) is 0 Å². The molecule has 3 nitrogen and oxygen atoms in total. The standard InChI is InChI=1S/C18H12N2OS/c21-17-11-15(13-7-3-1-4-8-13)20-16(12-22-18(20)19-17)14-9-5-2-6-10-14/h1-12H. The van der Waals surface area contributed by atoms with Crippen molar-refractivity contribution in [3.05, 3.63) is 82.5 Å². The van der Waals surface area contributed by atoms with E-state index >= 15 is 0 Å². The summed E-state index contributed by atoms with van der Waals surface area (Å²) in [5.41, 5.74) is 3.83. The number of thiazole rings is 1. The summed E-state index contributed by atoms with van der Waals surface area (Å²) in [5.74, 6) is 0. The van der Waals surface area contributed by atoms with E-state index in [1.807, 2.05) is 53.9 Å². The molecule has 2 aromatic carbocycles. The first kappa shape index (κ1) is 13.0. The van der Waals surface area contributed by atoms with Crippen LogP contribution in [0.1, 0.15) is 0 Å².